The third-order valence-corrected chi connectivity index (χ3v) is 5.03. The molecule has 0 saturated carbocycles. The molecule has 5 nitrogen and oxygen atoms in total. The Morgan fingerprint density at radius 2 is 2.32 bits per heavy atom. The second-order valence-corrected chi connectivity index (χ2v) is 7.38. The molecule has 1 unspecified atom stereocenters. The molecule has 0 bridgehead atoms. The summed E-state index contributed by atoms with van der Waals surface area (Å²) in [6.45, 7) is 2.35. The fourth-order valence-corrected chi connectivity index (χ4v) is 3.61. The highest BCUT2D eigenvalue weighted by atomic mass is 79.9. The zero-order valence-corrected chi connectivity index (χ0v) is 16.1. The average molecular weight is 408 g/mol. The summed E-state index contributed by atoms with van der Waals surface area (Å²) in [5, 5.41) is 7.52. The average Bonchev–Trinajstić information content (AvgIpc) is 3.19. The van der Waals surface area contributed by atoms with Crippen molar-refractivity contribution in [2.75, 3.05) is 20.1 Å². The molecule has 0 aliphatic carbocycles. The molecule has 1 fully saturated rings. The van der Waals surface area contributed by atoms with Crippen molar-refractivity contribution in [3.8, 4) is 0 Å². The van der Waals surface area contributed by atoms with Crippen LogP contribution in [-0.4, -0.2) is 40.8 Å². The van der Waals surface area contributed by atoms with Gasteiger partial charge in [-0.05, 0) is 36.5 Å². The van der Waals surface area contributed by atoms with E-state index in [1.165, 1.54) is 11.6 Å². The number of likely N-dealkylation sites (tertiary alicyclic amines) is 1. The Balaban J connectivity index is 1.55. The second-order valence-electron chi connectivity index (χ2n) is 6.46. The molecule has 0 spiro atoms. The second kappa shape index (κ2) is 7.99. The molecule has 25 heavy (non-hydrogen) atoms. The molecule has 7 heteroatoms. The van der Waals surface area contributed by atoms with Gasteiger partial charge in [-0.25, -0.2) is 4.39 Å². The summed E-state index contributed by atoms with van der Waals surface area (Å²) in [6.07, 6.45) is 6.17. The summed E-state index contributed by atoms with van der Waals surface area (Å²) in [6, 6.07) is 5.12. The number of halogens is 2. The number of benzene rings is 1. The van der Waals surface area contributed by atoms with Crippen LogP contribution in [0.2, 0.25) is 0 Å². The molecule has 2 heterocycles. The van der Waals surface area contributed by atoms with Crippen LogP contribution in [0.3, 0.4) is 0 Å². The number of hydrogen-bond acceptors (Lipinski definition) is 2. The highest BCUT2D eigenvalue weighted by molar-refractivity contribution is 9.10. The minimum Gasteiger partial charge on any atom is -0.352 e. The first-order chi connectivity index (χ1) is 12.0. The van der Waals surface area contributed by atoms with Crippen LogP contribution in [0, 0.1) is 11.7 Å². The summed E-state index contributed by atoms with van der Waals surface area (Å²) in [5.74, 6) is 1.20. The number of nitrogens with zero attached hydrogens (tertiary/aromatic N) is 4. The molecule has 0 amide bonds. The smallest absolute Gasteiger partial charge is 0.193 e. The van der Waals surface area contributed by atoms with E-state index in [4.69, 9.17) is 0 Å². The lowest BCUT2D eigenvalue weighted by Gasteiger charge is -2.22. The molecule has 1 aliphatic rings. The molecular formula is C18H23BrFN5. The number of guanidine groups is 1. The van der Waals surface area contributed by atoms with E-state index >= 15 is 0 Å². The van der Waals surface area contributed by atoms with Crippen LogP contribution in [0.25, 0.3) is 0 Å². The Hall–Kier alpha value is -1.89. The lowest BCUT2D eigenvalue weighted by Crippen LogP contribution is -2.39. The highest BCUT2D eigenvalue weighted by Crippen LogP contribution is 2.21. The van der Waals surface area contributed by atoms with Crippen molar-refractivity contribution in [3.63, 3.8) is 0 Å². The molecule has 1 aromatic heterocycles. The first kappa shape index (κ1) is 17.9. The predicted octanol–water partition coefficient (Wildman–Crippen LogP) is 2.96. The van der Waals surface area contributed by atoms with E-state index in [-0.39, 0.29) is 5.82 Å². The monoisotopic (exact) mass is 407 g/mol. The largest absolute Gasteiger partial charge is 0.352 e. The fraction of sp³-hybridized carbons (Fsp3) is 0.444. The van der Waals surface area contributed by atoms with E-state index in [9.17, 15) is 4.39 Å². The lowest BCUT2D eigenvalue weighted by atomic mass is 10.0. The van der Waals surface area contributed by atoms with Crippen molar-refractivity contribution in [3.05, 3.63) is 52.0 Å². The number of nitrogens with one attached hydrogen (secondary N) is 1. The molecule has 1 aromatic carbocycles. The van der Waals surface area contributed by atoms with Gasteiger partial charge >= 0.3 is 0 Å². The third kappa shape index (κ3) is 4.60. The van der Waals surface area contributed by atoms with E-state index in [0.717, 1.165) is 36.4 Å². The van der Waals surface area contributed by atoms with E-state index in [1.54, 1.807) is 13.1 Å². The normalized spacial score (nSPS) is 18.0. The zero-order valence-electron chi connectivity index (χ0n) is 14.5. The topological polar surface area (TPSA) is 45.5 Å². The molecule has 1 saturated heterocycles. The van der Waals surface area contributed by atoms with E-state index < -0.39 is 0 Å². The Bertz CT molecular complexity index is 758. The molecule has 1 aliphatic heterocycles. The van der Waals surface area contributed by atoms with Gasteiger partial charge in [-0.3, -0.25) is 9.67 Å². The molecule has 0 radical (unpaired) electrons. The van der Waals surface area contributed by atoms with Crippen molar-refractivity contribution >= 4 is 21.9 Å². The van der Waals surface area contributed by atoms with Gasteiger partial charge in [0.2, 0.25) is 0 Å². The maximum absolute atomic E-state index is 14.0. The maximum atomic E-state index is 14.0. The highest BCUT2D eigenvalue weighted by Gasteiger charge is 2.25. The number of hydrogen-bond donors (Lipinski definition) is 1. The van der Waals surface area contributed by atoms with Gasteiger partial charge in [0.15, 0.2) is 5.96 Å². The quantitative estimate of drug-likeness (QED) is 0.625. The number of rotatable bonds is 4. The predicted molar refractivity (Wildman–Crippen MR) is 101 cm³/mol. The van der Waals surface area contributed by atoms with Crippen molar-refractivity contribution in [2.24, 2.45) is 18.0 Å². The van der Waals surface area contributed by atoms with Crippen molar-refractivity contribution in [2.45, 2.75) is 19.4 Å². The van der Waals surface area contributed by atoms with Crippen molar-refractivity contribution < 1.29 is 4.39 Å². The molecule has 1 N–H and O–H groups in total. The van der Waals surface area contributed by atoms with E-state index in [2.05, 4.69) is 42.4 Å². The Morgan fingerprint density at radius 1 is 1.48 bits per heavy atom. The first-order valence-corrected chi connectivity index (χ1v) is 9.21. The first-order valence-electron chi connectivity index (χ1n) is 8.42. The SMILES string of the molecule is CN=C(NCc1ccc(Br)cc1F)N1CCC(Cc2cnn(C)c2)C1. The minimum atomic E-state index is -0.215. The molecular weight excluding hydrogens is 385 g/mol. The van der Waals surface area contributed by atoms with Gasteiger partial charge in [-0.1, -0.05) is 22.0 Å². The lowest BCUT2D eigenvalue weighted by molar-refractivity contribution is 0.458. The molecule has 3 rings (SSSR count). The van der Waals surface area contributed by atoms with Crippen molar-refractivity contribution in [1.29, 1.82) is 0 Å². The minimum absolute atomic E-state index is 0.215. The van der Waals surface area contributed by atoms with Gasteiger partial charge in [-0.15, -0.1) is 0 Å². The third-order valence-electron chi connectivity index (χ3n) is 4.53. The number of aryl methyl sites for hydroxylation is 1. The summed E-state index contributed by atoms with van der Waals surface area (Å²) in [5.41, 5.74) is 1.91. The summed E-state index contributed by atoms with van der Waals surface area (Å²) in [7, 11) is 3.71. The van der Waals surface area contributed by atoms with Gasteiger partial charge in [0.1, 0.15) is 5.82 Å². The van der Waals surface area contributed by atoms with Crippen LogP contribution >= 0.6 is 15.9 Å². The van der Waals surface area contributed by atoms with Crippen LogP contribution in [0.15, 0.2) is 40.1 Å². The number of aliphatic imine (C=N–C) groups is 1. The molecule has 2 aromatic rings. The summed E-state index contributed by atoms with van der Waals surface area (Å²) >= 11 is 3.28. The van der Waals surface area contributed by atoms with Crippen LogP contribution < -0.4 is 5.32 Å². The standard InChI is InChI=1S/C18H23BrFN5/c1-21-18(22-10-15-3-4-16(19)8-17(15)20)25-6-5-13(12-25)7-14-9-23-24(2)11-14/h3-4,8-9,11,13H,5-7,10,12H2,1-2H3,(H,21,22). The van der Waals surface area contributed by atoms with Crippen LogP contribution in [0.4, 0.5) is 4.39 Å². The summed E-state index contributed by atoms with van der Waals surface area (Å²) < 4.78 is 16.5. The Labute approximate surface area is 156 Å². The van der Waals surface area contributed by atoms with E-state index in [0.29, 0.717) is 18.0 Å². The molecule has 1 atom stereocenters. The van der Waals surface area contributed by atoms with Gasteiger partial charge in [0.05, 0.1) is 6.20 Å². The van der Waals surface area contributed by atoms with E-state index in [1.807, 2.05) is 24.0 Å². The van der Waals surface area contributed by atoms with Gasteiger partial charge in [-0.2, -0.15) is 5.10 Å². The maximum Gasteiger partial charge on any atom is 0.193 e. The van der Waals surface area contributed by atoms with Crippen LogP contribution in [0.1, 0.15) is 17.5 Å². The van der Waals surface area contributed by atoms with Crippen LogP contribution in [0.5, 0.6) is 0 Å². The van der Waals surface area contributed by atoms with Gasteiger partial charge in [0, 0.05) is 50.0 Å². The Morgan fingerprint density at radius 3 is 3.00 bits per heavy atom. The summed E-state index contributed by atoms with van der Waals surface area (Å²) in [4.78, 5) is 6.61. The van der Waals surface area contributed by atoms with Crippen molar-refractivity contribution in [1.82, 2.24) is 20.0 Å². The fourth-order valence-electron chi connectivity index (χ4n) is 3.27. The van der Waals surface area contributed by atoms with Crippen LogP contribution in [-0.2, 0) is 20.0 Å². The number of aromatic nitrogens is 2. The van der Waals surface area contributed by atoms with Gasteiger partial charge in [0.25, 0.3) is 0 Å². The molecule has 134 valence electrons. The Kier molecular flexibility index (Phi) is 5.73. The van der Waals surface area contributed by atoms with Gasteiger partial charge < -0.3 is 10.2 Å². The zero-order chi connectivity index (χ0) is 17.8.